The van der Waals surface area contributed by atoms with Crippen molar-refractivity contribution < 1.29 is 14.3 Å². The molecule has 1 aliphatic carbocycles. The molecule has 1 aromatic carbocycles. The minimum absolute atomic E-state index is 0.0923. The summed E-state index contributed by atoms with van der Waals surface area (Å²) in [5.74, 6) is 1.27. The Morgan fingerprint density at radius 3 is 2.70 bits per heavy atom. The number of anilines is 2. The molecule has 2 N–H and O–H groups in total. The number of hydrogen-bond donors (Lipinski definition) is 2. The van der Waals surface area contributed by atoms with E-state index in [1.165, 1.54) is 0 Å². The molecule has 0 bridgehead atoms. The van der Waals surface area contributed by atoms with E-state index in [2.05, 4.69) is 15.6 Å². The number of carbonyl (C=O) groups is 1. The van der Waals surface area contributed by atoms with Crippen molar-refractivity contribution in [2.45, 2.75) is 18.9 Å². The van der Waals surface area contributed by atoms with E-state index in [0.29, 0.717) is 23.1 Å². The van der Waals surface area contributed by atoms with E-state index in [4.69, 9.17) is 9.47 Å². The van der Waals surface area contributed by atoms with Crippen LogP contribution in [-0.2, 0) is 0 Å². The van der Waals surface area contributed by atoms with Crippen molar-refractivity contribution >= 4 is 17.3 Å². The first-order valence-electron chi connectivity index (χ1n) is 7.44. The molecule has 6 nitrogen and oxygen atoms in total. The molecule has 1 fully saturated rings. The van der Waals surface area contributed by atoms with Crippen LogP contribution in [0, 0.1) is 0 Å². The molecule has 0 unspecified atom stereocenters. The van der Waals surface area contributed by atoms with Gasteiger partial charge in [0.15, 0.2) is 0 Å². The van der Waals surface area contributed by atoms with Gasteiger partial charge in [0.2, 0.25) is 0 Å². The lowest BCUT2D eigenvalue weighted by atomic mass is 10.2. The standard InChI is InChI=1S/C17H19N3O3/c1-22-14-5-6-15(16(8-14)23-2)19-13-7-11(9-18-10-13)17(21)20-12-3-4-12/h5-10,12,19H,3-4H2,1-2H3,(H,20,21). The number of amides is 1. The van der Waals surface area contributed by atoms with Gasteiger partial charge in [-0.25, -0.2) is 0 Å². The maximum Gasteiger partial charge on any atom is 0.253 e. The molecule has 3 rings (SSSR count). The Bertz CT molecular complexity index is 714. The van der Waals surface area contributed by atoms with Gasteiger partial charge in [0.05, 0.1) is 37.4 Å². The third-order valence-electron chi connectivity index (χ3n) is 3.60. The van der Waals surface area contributed by atoms with Crippen LogP contribution in [0.4, 0.5) is 11.4 Å². The van der Waals surface area contributed by atoms with Crippen LogP contribution in [0.3, 0.4) is 0 Å². The van der Waals surface area contributed by atoms with Crippen molar-refractivity contribution in [1.29, 1.82) is 0 Å². The summed E-state index contributed by atoms with van der Waals surface area (Å²) >= 11 is 0. The average molecular weight is 313 g/mol. The molecule has 1 heterocycles. The van der Waals surface area contributed by atoms with Gasteiger partial charge in [-0.15, -0.1) is 0 Å². The number of ether oxygens (including phenoxy) is 2. The number of hydrogen-bond acceptors (Lipinski definition) is 5. The Hall–Kier alpha value is -2.76. The molecule has 1 aliphatic rings. The van der Waals surface area contributed by atoms with Gasteiger partial charge in [-0.3, -0.25) is 9.78 Å². The molecule has 0 aliphatic heterocycles. The van der Waals surface area contributed by atoms with Crippen LogP contribution in [-0.4, -0.2) is 31.2 Å². The van der Waals surface area contributed by atoms with E-state index in [1.54, 1.807) is 38.7 Å². The van der Waals surface area contributed by atoms with Crippen molar-refractivity contribution in [2.24, 2.45) is 0 Å². The highest BCUT2D eigenvalue weighted by Crippen LogP contribution is 2.31. The van der Waals surface area contributed by atoms with Gasteiger partial charge in [-0.05, 0) is 31.0 Å². The number of rotatable bonds is 6. The minimum atomic E-state index is -0.0923. The van der Waals surface area contributed by atoms with Gasteiger partial charge >= 0.3 is 0 Å². The largest absolute Gasteiger partial charge is 0.497 e. The lowest BCUT2D eigenvalue weighted by molar-refractivity contribution is 0.0950. The fraction of sp³-hybridized carbons (Fsp3) is 0.294. The Labute approximate surface area is 134 Å². The zero-order chi connectivity index (χ0) is 16.2. The molecule has 6 heteroatoms. The number of aromatic nitrogens is 1. The predicted molar refractivity (Wildman–Crippen MR) is 87.6 cm³/mol. The molecule has 0 saturated heterocycles. The number of benzene rings is 1. The topological polar surface area (TPSA) is 72.5 Å². The number of nitrogens with zero attached hydrogens (tertiary/aromatic N) is 1. The zero-order valence-electron chi connectivity index (χ0n) is 13.1. The maximum absolute atomic E-state index is 12.1. The molecular weight excluding hydrogens is 294 g/mol. The van der Waals surface area contributed by atoms with Gasteiger partial charge < -0.3 is 20.1 Å². The molecule has 1 amide bonds. The Morgan fingerprint density at radius 1 is 1.17 bits per heavy atom. The zero-order valence-corrected chi connectivity index (χ0v) is 13.1. The third-order valence-corrected chi connectivity index (χ3v) is 3.60. The SMILES string of the molecule is COc1ccc(Nc2cncc(C(=O)NC3CC3)c2)c(OC)c1. The highest BCUT2D eigenvalue weighted by Gasteiger charge is 2.24. The summed E-state index contributed by atoms with van der Waals surface area (Å²) in [6, 6.07) is 7.57. The van der Waals surface area contributed by atoms with Crippen LogP contribution in [0.1, 0.15) is 23.2 Å². The first kappa shape index (κ1) is 15.1. The van der Waals surface area contributed by atoms with Crippen LogP contribution in [0.2, 0.25) is 0 Å². The van der Waals surface area contributed by atoms with Gasteiger partial charge in [0.25, 0.3) is 5.91 Å². The van der Waals surface area contributed by atoms with Crippen LogP contribution in [0.5, 0.6) is 11.5 Å². The summed E-state index contributed by atoms with van der Waals surface area (Å²) in [6.45, 7) is 0. The van der Waals surface area contributed by atoms with Gasteiger partial charge in [-0.2, -0.15) is 0 Å². The third kappa shape index (κ3) is 3.71. The second-order valence-corrected chi connectivity index (χ2v) is 5.40. The second kappa shape index (κ2) is 6.56. The van der Waals surface area contributed by atoms with Crippen LogP contribution >= 0.6 is 0 Å². The highest BCUT2D eigenvalue weighted by molar-refractivity contribution is 5.95. The Kier molecular flexibility index (Phi) is 4.32. The van der Waals surface area contributed by atoms with Crippen molar-refractivity contribution in [1.82, 2.24) is 10.3 Å². The molecule has 1 saturated carbocycles. The molecule has 0 radical (unpaired) electrons. The van der Waals surface area contributed by atoms with E-state index >= 15 is 0 Å². The summed E-state index contributed by atoms with van der Waals surface area (Å²) in [5.41, 5.74) is 2.03. The van der Waals surface area contributed by atoms with Crippen LogP contribution in [0.15, 0.2) is 36.7 Å². The smallest absolute Gasteiger partial charge is 0.253 e. The molecule has 23 heavy (non-hydrogen) atoms. The van der Waals surface area contributed by atoms with E-state index < -0.39 is 0 Å². The fourth-order valence-electron chi connectivity index (χ4n) is 2.19. The van der Waals surface area contributed by atoms with Gasteiger partial charge in [-0.1, -0.05) is 0 Å². The number of methoxy groups -OCH3 is 2. The van der Waals surface area contributed by atoms with Crippen LogP contribution < -0.4 is 20.1 Å². The van der Waals surface area contributed by atoms with Gasteiger partial charge in [0, 0.05) is 18.3 Å². The number of nitrogens with one attached hydrogen (secondary N) is 2. The summed E-state index contributed by atoms with van der Waals surface area (Å²) in [7, 11) is 3.20. The predicted octanol–water partition coefficient (Wildman–Crippen LogP) is 2.73. The first-order chi connectivity index (χ1) is 11.2. The molecule has 0 spiro atoms. The average Bonchev–Trinajstić information content (AvgIpc) is 3.39. The van der Waals surface area contributed by atoms with E-state index in [9.17, 15) is 4.79 Å². The lowest BCUT2D eigenvalue weighted by Crippen LogP contribution is -2.25. The van der Waals surface area contributed by atoms with E-state index in [-0.39, 0.29) is 5.91 Å². The number of pyridine rings is 1. The van der Waals surface area contributed by atoms with Crippen molar-refractivity contribution in [3.63, 3.8) is 0 Å². The first-order valence-corrected chi connectivity index (χ1v) is 7.44. The van der Waals surface area contributed by atoms with Crippen molar-refractivity contribution in [3.05, 3.63) is 42.2 Å². The Balaban J connectivity index is 1.78. The molecular formula is C17H19N3O3. The normalized spacial score (nSPS) is 13.3. The minimum Gasteiger partial charge on any atom is -0.497 e. The number of carbonyl (C=O) groups excluding carboxylic acids is 1. The summed E-state index contributed by atoms with van der Waals surface area (Å²) < 4.78 is 10.5. The molecule has 1 aromatic heterocycles. The molecule has 0 atom stereocenters. The van der Waals surface area contributed by atoms with Crippen molar-refractivity contribution in [2.75, 3.05) is 19.5 Å². The monoisotopic (exact) mass is 313 g/mol. The second-order valence-electron chi connectivity index (χ2n) is 5.40. The quantitative estimate of drug-likeness (QED) is 0.858. The molecule has 120 valence electrons. The van der Waals surface area contributed by atoms with E-state index in [0.717, 1.165) is 24.2 Å². The summed E-state index contributed by atoms with van der Waals surface area (Å²) in [5, 5.41) is 6.17. The maximum atomic E-state index is 12.1. The fourth-order valence-corrected chi connectivity index (χ4v) is 2.19. The van der Waals surface area contributed by atoms with Gasteiger partial charge in [0.1, 0.15) is 11.5 Å². The highest BCUT2D eigenvalue weighted by atomic mass is 16.5. The van der Waals surface area contributed by atoms with E-state index in [1.807, 2.05) is 12.1 Å². The molecule has 2 aromatic rings. The lowest BCUT2D eigenvalue weighted by Gasteiger charge is -2.13. The Morgan fingerprint density at radius 2 is 2.00 bits per heavy atom. The van der Waals surface area contributed by atoms with Crippen molar-refractivity contribution in [3.8, 4) is 11.5 Å². The van der Waals surface area contributed by atoms with Crippen LogP contribution in [0.25, 0.3) is 0 Å². The summed E-state index contributed by atoms with van der Waals surface area (Å²) in [6.07, 6.45) is 5.34. The summed E-state index contributed by atoms with van der Waals surface area (Å²) in [4.78, 5) is 16.2.